The maximum atomic E-state index is 12.6. The van der Waals surface area contributed by atoms with Crippen molar-refractivity contribution in [1.82, 2.24) is 9.55 Å². The molecule has 2 rings (SSSR count). The van der Waals surface area contributed by atoms with E-state index in [4.69, 9.17) is 0 Å². The molecule has 0 aliphatic carbocycles. The maximum absolute atomic E-state index is 12.6. The summed E-state index contributed by atoms with van der Waals surface area (Å²) < 4.78 is 1.79. The fraction of sp³-hybridized carbons (Fsp3) is 0.294. The van der Waals surface area contributed by atoms with Crippen molar-refractivity contribution >= 4 is 11.5 Å². The number of ketones is 1. The number of carbonyl (C=O) groups excluding carboxylic acids is 1. The number of hydrogen-bond donors (Lipinski definition) is 0. The van der Waals surface area contributed by atoms with Crippen molar-refractivity contribution in [2.45, 2.75) is 27.2 Å². The molecule has 0 atom stereocenters. The first-order valence-corrected chi connectivity index (χ1v) is 6.76. The van der Waals surface area contributed by atoms with Crippen molar-refractivity contribution < 1.29 is 4.79 Å². The Morgan fingerprint density at radius 1 is 1.25 bits per heavy atom. The molecule has 0 bridgehead atoms. The molecule has 0 amide bonds. The summed E-state index contributed by atoms with van der Waals surface area (Å²) in [7, 11) is 0. The molecule has 3 heteroatoms. The minimum atomic E-state index is -0.410. The number of rotatable bonds is 4. The summed E-state index contributed by atoms with van der Waals surface area (Å²) in [6.07, 6.45) is 7.87. The third-order valence-electron chi connectivity index (χ3n) is 3.07. The normalized spacial score (nSPS) is 12.4. The average molecular weight is 268 g/mol. The molecule has 2 aromatic rings. The number of hydrogen-bond acceptors (Lipinski definition) is 2. The Morgan fingerprint density at radius 3 is 2.50 bits per heavy atom. The summed E-state index contributed by atoms with van der Waals surface area (Å²) in [5, 5.41) is 0. The van der Waals surface area contributed by atoms with Gasteiger partial charge < -0.3 is 4.57 Å². The van der Waals surface area contributed by atoms with Gasteiger partial charge in [-0.2, -0.15) is 0 Å². The summed E-state index contributed by atoms with van der Waals surface area (Å²) in [4.78, 5) is 16.6. The molecule has 0 aliphatic rings. The number of benzene rings is 1. The second kappa shape index (κ2) is 5.87. The van der Waals surface area contributed by atoms with E-state index in [1.807, 2.05) is 45.0 Å². The molecule has 1 aromatic heterocycles. The summed E-state index contributed by atoms with van der Waals surface area (Å²) in [5.41, 5.74) is 1.46. The van der Waals surface area contributed by atoms with Crippen molar-refractivity contribution in [3.63, 3.8) is 0 Å². The van der Waals surface area contributed by atoms with Crippen LogP contribution in [0, 0.1) is 5.41 Å². The number of carbonyl (C=O) groups is 1. The van der Waals surface area contributed by atoms with Gasteiger partial charge in [0.1, 0.15) is 0 Å². The van der Waals surface area contributed by atoms with Crippen LogP contribution in [0.3, 0.4) is 0 Å². The SMILES string of the molecule is CC(C)(C)C(=O)/C(=C/Cc1ccccc1)n1ccnc1. The molecule has 0 saturated carbocycles. The van der Waals surface area contributed by atoms with E-state index >= 15 is 0 Å². The first kappa shape index (κ1) is 14.3. The standard InChI is InChI=1S/C17H20N2O/c1-17(2,3)16(20)15(19-12-11-18-13-19)10-9-14-7-5-4-6-8-14/h4-8,10-13H,9H2,1-3H3/b15-10-. The number of nitrogens with zero attached hydrogens (tertiary/aromatic N) is 2. The molecule has 0 radical (unpaired) electrons. The van der Waals surface area contributed by atoms with Gasteiger partial charge in [-0.3, -0.25) is 4.79 Å². The Hall–Kier alpha value is -2.16. The van der Waals surface area contributed by atoms with Crippen LogP contribution < -0.4 is 0 Å². The molecule has 3 nitrogen and oxygen atoms in total. The van der Waals surface area contributed by atoms with Crippen molar-refractivity contribution in [2.24, 2.45) is 5.41 Å². The van der Waals surface area contributed by atoms with Crippen LogP contribution in [0.4, 0.5) is 0 Å². The zero-order valence-corrected chi connectivity index (χ0v) is 12.2. The van der Waals surface area contributed by atoms with Crippen molar-refractivity contribution in [2.75, 3.05) is 0 Å². The lowest BCUT2D eigenvalue weighted by Gasteiger charge is -2.19. The lowest BCUT2D eigenvalue weighted by molar-refractivity contribution is -0.120. The van der Waals surface area contributed by atoms with Gasteiger partial charge in [0.2, 0.25) is 0 Å². The molecular formula is C17H20N2O. The Kier molecular flexibility index (Phi) is 4.18. The molecular weight excluding hydrogens is 248 g/mol. The van der Waals surface area contributed by atoms with Gasteiger partial charge >= 0.3 is 0 Å². The van der Waals surface area contributed by atoms with E-state index in [1.54, 1.807) is 23.3 Å². The van der Waals surface area contributed by atoms with Crippen molar-refractivity contribution in [3.05, 3.63) is 60.7 Å². The predicted molar refractivity (Wildman–Crippen MR) is 81.1 cm³/mol. The molecule has 0 saturated heterocycles. The highest BCUT2D eigenvalue weighted by molar-refractivity contribution is 6.17. The highest BCUT2D eigenvalue weighted by Gasteiger charge is 2.25. The van der Waals surface area contributed by atoms with Gasteiger partial charge in [0.15, 0.2) is 5.78 Å². The van der Waals surface area contributed by atoms with Crippen LogP contribution in [0.15, 0.2) is 55.1 Å². The third kappa shape index (κ3) is 3.44. The fourth-order valence-corrected chi connectivity index (χ4v) is 1.93. The Morgan fingerprint density at radius 2 is 1.95 bits per heavy atom. The average Bonchev–Trinajstić information content (AvgIpc) is 2.93. The first-order chi connectivity index (χ1) is 9.48. The molecule has 0 N–H and O–H groups in total. The van der Waals surface area contributed by atoms with E-state index in [2.05, 4.69) is 17.1 Å². The minimum absolute atomic E-state index is 0.117. The summed E-state index contributed by atoms with van der Waals surface area (Å²) >= 11 is 0. The zero-order chi connectivity index (χ0) is 14.6. The van der Waals surface area contributed by atoms with Crippen LogP contribution in [0.1, 0.15) is 26.3 Å². The van der Waals surface area contributed by atoms with Crippen molar-refractivity contribution in [1.29, 1.82) is 0 Å². The maximum Gasteiger partial charge on any atom is 0.184 e. The number of Topliss-reactive ketones (excluding diaryl/α,β-unsaturated/α-hetero) is 1. The second-order valence-electron chi connectivity index (χ2n) is 5.83. The van der Waals surface area contributed by atoms with Gasteiger partial charge in [-0.25, -0.2) is 4.98 Å². The number of imidazole rings is 1. The van der Waals surface area contributed by atoms with E-state index in [0.29, 0.717) is 5.70 Å². The minimum Gasteiger partial charge on any atom is -0.303 e. The topological polar surface area (TPSA) is 34.9 Å². The summed E-state index contributed by atoms with van der Waals surface area (Å²) in [6.45, 7) is 5.80. The first-order valence-electron chi connectivity index (χ1n) is 6.76. The lowest BCUT2D eigenvalue weighted by atomic mass is 9.88. The van der Waals surface area contributed by atoms with Gasteiger partial charge in [0, 0.05) is 17.8 Å². The van der Waals surface area contributed by atoms with Gasteiger partial charge in [0.05, 0.1) is 12.0 Å². The van der Waals surface area contributed by atoms with E-state index in [-0.39, 0.29) is 5.78 Å². The molecule has 0 fully saturated rings. The molecule has 0 unspecified atom stereocenters. The van der Waals surface area contributed by atoms with Gasteiger partial charge in [-0.1, -0.05) is 57.2 Å². The predicted octanol–water partition coefficient (Wildman–Crippen LogP) is 3.58. The lowest BCUT2D eigenvalue weighted by Crippen LogP contribution is -2.23. The zero-order valence-electron chi connectivity index (χ0n) is 12.2. The largest absolute Gasteiger partial charge is 0.303 e. The highest BCUT2D eigenvalue weighted by Crippen LogP contribution is 2.23. The third-order valence-corrected chi connectivity index (χ3v) is 3.07. The van der Waals surface area contributed by atoms with Crippen LogP contribution in [0.25, 0.3) is 5.70 Å². The molecule has 0 aliphatic heterocycles. The van der Waals surface area contributed by atoms with Gasteiger partial charge in [0.25, 0.3) is 0 Å². The monoisotopic (exact) mass is 268 g/mol. The van der Waals surface area contributed by atoms with Gasteiger partial charge in [-0.15, -0.1) is 0 Å². The Balaban J connectivity index is 2.30. The van der Waals surface area contributed by atoms with Crippen molar-refractivity contribution in [3.8, 4) is 0 Å². The summed E-state index contributed by atoms with van der Waals surface area (Å²) in [6, 6.07) is 10.1. The second-order valence-corrected chi connectivity index (χ2v) is 5.83. The van der Waals surface area contributed by atoms with E-state index in [9.17, 15) is 4.79 Å². The molecule has 20 heavy (non-hydrogen) atoms. The van der Waals surface area contributed by atoms with Crippen LogP contribution in [-0.2, 0) is 11.2 Å². The van der Waals surface area contributed by atoms with Gasteiger partial charge in [-0.05, 0) is 12.0 Å². The summed E-state index contributed by atoms with van der Waals surface area (Å²) in [5.74, 6) is 0.117. The quantitative estimate of drug-likeness (QED) is 0.794. The smallest absolute Gasteiger partial charge is 0.184 e. The van der Waals surface area contributed by atoms with Crippen LogP contribution in [-0.4, -0.2) is 15.3 Å². The Bertz CT molecular complexity index is 590. The van der Waals surface area contributed by atoms with E-state index in [1.165, 1.54) is 5.56 Å². The van der Waals surface area contributed by atoms with Crippen LogP contribution in [0.2, 0.25) is 0 Å². The Labute approximate surface area is 120 Å². The van der Waals surface area contributed by atoms with E-state index < -0.39 is 5.41 Å². The molecule has 1 heterocycles. The molecule has 0 spiro atoms. The molecule has 1 aromatic carbocycles. The highest BCUT2D eigenvalue weighted by atomic mass is 16.1. The van der Waals surface area contributed by atoms with Crippen LogP contribution >= 0.6 is 0 Å². The van der Waals surface area contributed by atoms with E-state index in [0.717, 1.165) is 6.42 Å². The fourth-order valence-electron chi connectivity index (χ4n) is 1.93. The number of aromatic nitrogens is 2. The molecule has 104 valence electrons. The number of allylic oxidation sites excluding steroid dienone is 2. The van der Waals surface area contributed by atoms with Crippen LogP contribution in [0.5, 0.6) is 0 Å².